The van der Waals surface area contributed by atoms with Gasteiger partial charge in [0.1, 0.15) is 0 Å². The molecule has 0 N–H and O–H groups in total. The number of rotatable bonds is 2. The zero-order chi connectivity index (χ0) is 18.4. The molecule has 0 amide bonds. The van der Waals surface area contributed by atoms with Crippen molar-refractivity contribution >= 4 is 0 Å². The summed E-state index contributed by atoms with van der Waals surface area (Å²) in [5.41, 5.74) is 13.1. The maximum Gasteiger partial charge on any atom is 3.00 e. The van der Waals surface area contributed by atoms with Crippen LogP contribution in [0, 0.1) is 19.9 Å². The summed E-state index contributed by atoms with van der Waals surface area (Å²) in [4.78, 5) is 0. The third kappa shape index (κ3) is 4.35. The molecule has 0 saturated heterocycles. The predicted octanol–water partition coefficient (Wildman–Crippen LogP) is 1.01. The minimum Gasteiger partial charge on any atom is -1.00 e. The van der Waals surface area contributed by atoms with Gasteiger partial charge in [0.05, 0.1) is 0 Å². The summed E-state index contributed by atoms with van der Waals surface area (Å²) in [7, 11) is 0. The Balaban J connectivity index is 0.00000107. The normalized spacial score (nSPS) is 10.7. The number of benzene rings is 4. The first-order chi connectivity index (χ1) is 13.2. The van der Waals surface area contributed by atoms with Crippen molar-refractivity contribution in [2.45, 2.75) is 20.3 Å². The zero-order valence-electron chi connectivity index (χ0n) is 17.0. The van der Waals surface area contributed by atoms with Gasteiger partial charge in [0.15, 0.2) is 0 Å². The first-order valence-corrected chi connectivity index (χ1v) is 9.51. The molecule has 0 saturated carbocycles. The van der Waals surface area contributed by atoms with E-state index >= 15 is 0 Å². The summed E-state index contributed by atoms with van der Waals surface area (Å²) in [6.45, 7) is 4.35. The van der Waals surface area contributed by atoms with Crippen molar-refractivity contribution in [3.8, 4) is 33.4 Å². The molecule has 0 nitrogen and oxygen atoms in total. The quantitative estimate of drug-likeness (QED) is 0.313. The zero-order valence-corrected chi connectivity index (χ0v) is 20.9. The molecule has 0 aromatic heterocycles. The molecule has 1 aliphatic rings. The van der Waals surface area contributed by atoms with Crippen molar-refractivity contribution < 1.29 is 51.0 Å². The fraction of sp³-hybridized carbons (Fsp3) is 0.111. The van der Waals surface area contributed by atoms with Gasteiger partial charge in [-0.05, 0) is 42.5 Å². The molecule has 0 spiro atoms. The maximum absolute atomic E-state index is 3.70. The van der Waals surface area contributed by atoms with E-state index in [9.17, 15) is 0 Å². The van der Waals surface area contributed by atoms with Gasteiger partial charge in [-0.1, -0.05) is 89.0 Å². The number of fused-ring (bicyclic) bond motifs is 3. The van der Waals surface area contributed by atoms with E-state index < -0.39 is 0 Å². The minimum atomic E-state index is 0. The van der Waals surface area contributed by atoms with Crippen LogP contribution in [-0.4, -0.2) is 0 Å². The van der Waals surface area contributed by atoms with E-state index in [1.165, 1.54) is 55.6 Å². The smallest absolute Gasteiger partial charge is 1.00 e. The summed E-state index contributed by atoms with van der Waals surface area (Å²) in [5.74, 6) is 0. The van der Waals surface area contributed by atoms with Crippen LogP contribution in [0.5, 0.6) is 0 Å². The van der Waals surface area contributed by atoms with Gasteiger partial charge in [-0.15, -0.1) is 29.3 Å². The van der Waals surface area contributed by atoms with Crippen LogP contribution in [0.3, 0.4) is 0 Å². The Morgan fingerprint density at radius 2 is 1.23 bits per heavy atom. The Kier molecular flexibility index (Phi) is 8.29. The Morgan fingerprint density at radius 1 is 0.633 bits per heavy atom. The molecule has 0 aliphatic heterocycles. The average molecular weight is 508 g/mol. The summed E-state index contributed by atoms with van der Waals surface area (Å²) in [6.07, 6.45) is 0.962. The van der Waals surface area contributed by atoms with Gasteiger partial charge in [0.2, 0.25) is 0 Å². The molecule has 1 aliphatic carbocycles. The van der Waals surface area contributed by atoms with Crippen LogP contribution in [0.25, 0.3) is 33.4 Å². The van der Waals surface area contributed by atoms with Gasteiger partial charge in [0.25, 0.3) is 0 Å². The summed E-state index contributed by atoms with van der Waals surface area (Å²) in [6, 6.07) is 32.2. The first-order valence-electron chi connectivity index (χ1n) is 9.51. The van der Waals surface area contributed by atoms with Crippen LogP contribution in [0.2, 0.25) is 0 Å². The number of aryl methyl sites for hydroxylation is 2. The van der Waals surface area contributed by atoms with Crippen molar-refractivity contribution in [1.82, 2.24) is 0 Å². The largest absolute Gasteiger partial charge is 3.00 e. The molecule has 0 heterocycles. The monoisotopic (exact) mass is 505 g/mol. The number of hydrogen-bond donors (Lipinski definition) is 0. The van der Waals surface area contributed by atoms with Gasteiger partial charge < -0.3 is 24.8 Å². The van der Waals surface area contributed by atoms with E-state index in [-0.39, 0.29) is 51.0 Å². The van der Waals surface area contributed by atoms with Crippen LogP contribution in [0.1, 0.15) is 22.3 Å². The van der Waals surface area contributed by atoms with Gasteiger partial charge in [-0.3, -0.25) is 0 Å². The predicted molar refractivity (Wildman–Crippen MR) is 114 cm³/mol. The molecule has 147 valence electrons. The first kappa shape index (κ1) is 24.6. The molecule has 1 radical (unpaired) electrons. The fourth-order valence-electron chi connectivity index (χ4n) is 4.22. The Morgan fingerprint density at radius 3 is 1.90 bits per heavy atom. The second-order valence-corrected chi connectivity index (χ2v) is 7.44. The van der Waals surface area contributed by atoms with Crippen molar-refractivity contribution in [1.29, 1.82) is 0 Å². The standard InChI is InChI=1S/C27H21.2ClH.Zr/c1-18-7-3-5-9-24(18)20-11-13-26-22(15-20)17-23-16-21(12-14-27(23)26)25-10-6-4-8-19(25)2;;;/h3-15H,17H2,1-2H3;2*1H;/q-1;;;+3/p-2. The molecule has 4 aromatic rings. The van der Waals surface area contributed by atoms with E-state index in [1.54, 1.807) is 0 Å². The molecule has 3 heteroatoms. The van der Waals surface area contributed by atoms with Crippen molar-refractivity contribution in [3.05, 3.63) is 107 Å². The van der Waals surface area contributed by atoms with E-state index in [1.807, 2.05) is 0 Å². The maximum atomic E-state index is 3.70. The Labute approximate surface area is 210 Å². The third-order valence-corrected chi connectivity index (χ3v) is 5.68. The topological polar surface area (TPSA) is 0 Å². The average Bonchev–Trinajstić information content (AvgIpc) is 3.05. The van der Waals surface area contributed by atoms with Gasteiger partial charge in [0, 0.05) is 0 Å². The molecule has 5 rings (SSSR count). The summed E-state index contributed by atoms with van der Waals surface area (Å²) in [5, 5.41) is 0. The van der Waals surface area contributed by atoms with Crippen LogP contribution in [-0.2, 0) is 32.6 Å². The number of halogens is 2. The summed E-state index contributed by atoms with van der Waals surface area (Å²) >= 11 is 0. The SMILES string of the molecule is Cc1ccccc1-c1[c-]c2c(cc1)-c1ccc(-c3ccccc3C)cc1C2.[Cl-].[Cl-].[Zr+3]. The molecule has 0 unspecified atom stereocenters. The minimum absolute atomic E-state index is 0. The van der Waals surface area contributed by atoms with E-state index in [0.29, 0.717) is 0 Å². The molecule has 0 fully saturated rings. The van der Waals surface area contributed by atoms with Crippen molar-refractivity contribution in [3.63, 3.8) is 0 Å². The third-order valence-electron chi connectivity index (χ3n) is 5.68. The van der Waals surface area contributed by atoms with Gasteiger partial charge in [-0.2, -0.15) is 0 Å². The molecule has 30 heavy (non-hydrogen) atoms. The van der Waals surface area contributed by atoms with Crippen LogP contribution in [0.4, 0.5) is 0 Å². The van der Waals surface area contributed by atoms with E-state index in [0.717, 1.165) is 6.42 Å². The molecule has 0 atom stereocenters. The molecule has 4 aromatic carbocycles. The second kappa shape index (κ2) is 10.1. The fourth-order valence-corrected chi connectivity index (χ4v) is 4.22. The van der Waals surface area contributed by atoms with Crippen molar-refractivity contribution in [2.24, 2.45) is 0 Å². The van der Waals surface area contributed by atoms with Crippen LogP contribution >= 0.6 is 0 Å². The van der Waals surface area contributed by atoms with Crippen LogP contribution in [0.15, 0.2) is 78.9 Å². The van der Waals surface area contributed by atoms with E-state index in [2.05, 4.69) is 98.8 Å². The Bertz CT molecular complexity index is 1090. The Hall–Kier alpha value is -1.66. The van der Waals surface area contributed by atoms with Crippen molar-refractivity contribution in [2.75, 3.05) is 0 Å². The van der Waals surface area contributed by atoms with E-state index in [4.69, 9.17) is 0 Å². The number of hydrogen-bond acceptors (Lipinski definition) is 0. The molecule has 0 bridgehead atoms. The van der Waals surface area contributed by atoms with Gasteiger partial charge >= 0.3 is 26.2 Å². The van der Waals surface area contributed by atoms with Gasteiger partial charge in [-0.25, -0.2) is 0 Å². The molecular weight excluding hydrogens is 486 g/mol. The summed E-state index contributed by atoms with van der Waals surface area (Å²) < 4.78 is 0. The second-order valence-electron chi connectivity index (χ2n) is 7.44. The van der Waals surface area contributed by atoms with Crippen LogP contribution < -0.4 is 24.8 Å². The molecular formula is C27H21Cl2Zr.